The molecule has 0 bridgehead atoms. The Kier molecular flexibility index (Phi) is 32.1. The van der Waals surface area contributed by atoms with Gasteiger partial charge in [-0.1, -0.05) is 6.42 Å². The van der Waals surface area contributed by atoms with E-state index in [0.717, 1.165) is 24.0 Å². The number of unbranched alkanes of at least 4 members (excludes halogenated alkanes) is 1. The molecule has 534 valence electrons. The summed E-state index contributed by atoms with van der Waals surface area (Å²) in [6, 6.07) is -11.3. The molecule has 0 spiro atoms. The van der Waals surface area contributed by atoms with Gasteiger partial charge < -0.3 is 110 Å². The average Bonchev–Trinajstić information content (AvgIpc) is 1.70. The van der Waals surface area contributed by atoms with Gasteiger partial charge in [0.05, 0.1) is 58.0 Å². The number of carboxylic acid groups (broad SMARTS) is 2. The maximum Gasteiger partial charge on any atom is 0.469 e. The molecular weight excluding hydrogens is 1320 g/mol. The van der Waals surface area contributed by atoms with Crippen molar-refractivity contribution in [3.63, 3.8) is 0 Å². The molecule has 4 aliphatic heterocycles. The van der Waals surface area contributed by atoms with E-state index in [-0.39, 0.29) is 62.1 Å². The van der Waals surface area contributed by atoms with Crippen LogP contribution in [0, 0.1) is 0 Å². The number of carboxylic acids is 2. The van der Waals surface area contributed by atoms with Gasteiger partial charge in [-0.25, -0.2) is 9.36 Å². The second kappa shape index (κ2) is 38.9. The number of hydrogen-bond acceptors (Lipinski definition) is 21. The zero-order chi connectivity index (χ0) is 71.4. The van der Waals surface area contributed by atoms with Gasteiger partial charge >= 0.3 is 25.8 Å². The van der Waals surface area contributed by atoms with Gasteiger partial charge in [0.15, 0.2) is 0 Å². The van der Waals surface area contributed by atoms with Gasteiger partial charge in [0.2, 0.25) is 88.6 Å². The Balaban J connectivity index is 1.29. The molecule has 0 aromatic rings. The van der Waals surface area contributed by atoms with Crippen LogP contribution in [0.4, 0.5) is 4.79 Å². The summed E-state index contributed by atoms with van der Waals surface area (Å²) in [7, 11) is -5.36. The number of hydrogen-bond donors (Lipinski definition) is 19. The number of amides is 17. The Hall–Kier alpha value is -9.28. The van der Waals surface area contributed by atoms with Crippen LogP contribution in [-0.4, -0.2) is 261 Å². The molecule has 0 aromatic carbocycles. The predicted octanol–water partition coefficient (Wildman–Crippen LogP) is -9.57. The fraction of sp³-hybridized carbons (Fsp3) is 0.660. The normalized spacial score (nSPS) is 19.3. The molecule has 0 saturated carbocycles. The first kappa shape index (κ1) is 79.2. The number of likely N-dealkylation sites (tertiary alicyclic amines) is 2. The van der Waals surface area contributed by atoms with Crippen LogP contribution in [0.2, 0.25) is 0 Å². The van der Waals surface area contributed by atoms with E-state index < -0.39 is 235 Å². The zero-order valence-electron chi connectivity index (χ0n) is 52.1. The van der Waals surface area contributed by atoms with Crippen molar-refractivity contribution in [3.8, 4) is 0 Å². The van der Waals surface area contributed by atoms with Gasteiger partial charge in [-0.15, -0.1) is 0 Å². The number of fused-ring (bicyclic) bond motifs is 1. The highest BCUT2D eigenvalue weighted by Crippen LogP contribution is 2.36. The number of nitrogens with one attached hydrogen (secondary N) is 13. The van der Waals surface area contributed by atoms with Crippen molar-refractivity contribution in [1.29, 1.82) is 0 Å². The maximum atomic E-state index is 13.9. The molecule has 4 fully saturated rings. The number of phosphoric ester groups is 1. The lowest BCUT2D eigenvalue weighted by Crippen LogP contribution is -2.58. The van der Waals surface area contributed by atoms with Gasteiger partial charge in [0, 0.05) is 49.8 Å². The largest absolute Gasteiger partial charge is 0.481 e. The lowest BCUT2D eigenvalue weighted by atomic mass is 10.0. The van der Waals surface area contributed by atoms with E-state index in [2.05, 4.69) is 73.6 Å². The minimum Gasteiger partial charge on any atom is -0.481 e. The first-order valence-corrected chi connectivity index (χ1v) is 32.9. The summed E-state index contributed by atoms with van der Waals surface area (Å²) in [5.74, 6) is -16.3. The zero-order valence-corrected chi connectivity index (χ0v) is 53.8. The number of thioether (sulfide) groups is 1. The highest BCUT2D eigenvalue weighted by molar-refractivity contribution is 8.00. The number of carbonyl (C=O) groups excluding carboxylic acids is 16. The second-order valence-corrected chi connectivity index (χ2v) is 25.0. The van der Waals surface area contributed by atoms with Gasteiger partial charge in [-0.2, -0.15) is 11.8 Å². The van der Waals surface area contributed by atoms with Crippen molar-refractivity contribution < 1.29 is 115 Å². The van der Waals surface area contributed by atoms with E-state index in [1.54, 1.807) is 11.8 Å². The molecular formula is C53H82N17O24PS. The number of urea groups is 1. The predicted molar refractivity (Wildman–Crippen MR) is 326 cm³/mol. The minimum atomic E-state index is -5.36. The molecule has 0 unspecified atom stereocenters. The third-order valence-electron chi connectivity index (χ3n) is 15.1. The van der Waals surface area contributed by atoms with Crippen LogP contribution in [0.15, 0.2) is 0 Å². The van der Waals surface area contributed by atoms with Crippen LogP contribution in [0.25, 0.3) is 0 Å². The maximum absolute atomic E-state index is 13.9. The fourth-order valence-corrected chi connectivity index (χ4v) is 12.1. The first-order valence-electron chi connectivity index (χ1n) is 30.3. The number of carbonyl (C=O) groups is 18. The van der Waals surface area contributed by atoms with Crippen LogP contribution >= 0.6 is 19.6 Å². The second-order valence-electron chi connectivity index (χ2n) is 22.5. The first-order chi connectivity index (χ1) is 45.2. The Morgan fingerprint density at radius 3 is 1.67 bits per heavy atom. The molecule has 0 radical (unpaired) electrons. The Bertz CT molecular complexity index is 3000. The standard InChI is InChI=1S/C53H82N17O24PS/c1-26(62-48(85)29(10-13-35(54)71)66-49(86)28(12-15-44(81)82)63-40(76)21-57-38(74)19-56-37(73)9-3-2-8-34-45-31(25-96-34)67-53(90)68-45)46(83)65-27(11-14-43(79)80)47(84)60-22-41(77)64-30(24-94-95(91,92)93)52(89)70-17-5-7-33(70)51(88)61-20-39(75)58-23-42(78)69-16-4-6-32(69)50(87)59-18-36(55)72/h26-34,45H,2-25H2,1H3,(H2,54,71)(H2,55,72)(H,56,73)(H,57,74)(H,58,75)(H,59,87)(H,60,84)(H,61,88)(H,62,85)(H,63,76)(H,64,77)(H,65,83)(H,66,86)(H,79,80)(H,81,82)(H2,67,68,90)(H2,91,92,93)/t26-,27-,28-,29-,30-,31-,32-,33-,34-,45-/m0/s1. The van der Waals surface area contributed by atoms with Gasteiger partial charge in [-0.05, 0) is 64.7 Å². The van der Waals surface area contributed by atoms with E-state index in [0.29, 0.717) is 19.3 Å². The Labute approximate surface area is 551 Å². The highest BCUT2D eigenvalue weighted by Gasteiger charge is 2.43. The summed E-state index contributed by atoms with van der Waals surface area (Å²) in [6.45, 7) is -4.26. The van der Waals surface area contributed by atoms with Crippen molar-refractivity contribution in [2.24, 2.45) is 11.5 Å². The van der Waals surface area contributed by atoms with Crippen molar-refractivity contribution in [2.75, 3.05) is 64.7 Å². The van der Waals surface area contributed by atoms with E-state index in [1.807, 2.05) is 0 Å². The third-order valence-corrected chi connectivity index (χ3v) is 17.1. The van der Waals surface area contributed by atoms with Gasteiger partial charge in [-0.3, -0.25) is 86.0 Å². The molecule has 4 aliphatic rings. The molecule has 10 atom stereocenters. The molecule has 4 heterocycles. The van der Waals surface area contributed by atoms with Gasteiger partial charge in [0.25, 0.3) is 0 Å². The summed E-state index contributed by atoms with van der Waals surface area (Å²) in [5.41, 5.74) is 10.4. The summed E-state index contributed by atoms with van der Waals surface area (Å²) >= 11 is 1.72. The SMILES string of the molecule is C[C@H](NC(=O)[C@H](CCC(N)=O)NC(=O)[C@H](CCC(=O)O)NC(=O)CNC(=O)CNC(=O)CCCC[C@@H]1SC[C@@H]2NC(=O)N[C@@H]21)C(=O)N[C@@H](CCC(=O)O)C(=O)NCC(=O)N[C@@H](COP(=O)(O)O)C(=O)N1CCC[C@H]1C(=O)NCC(=O)NCC(=O)N1CCC[C@H]1C(=O)NCC(N)=O. The van der Waals surface area contributed by atoms with Crippen LogP contribution < -0.4 is 80.6 Å². The van der Waals surface area contributed by atoms with Crippen LogP contribution in [0.3, 0.4) is 0 Å². The molecule has 43 heteroatoms. The summed E-state index contributed by atoms with van der Waals surface area (Å²) in [4.78, 5) is 249. The van der Waals surface area contributed by atoms with Crippen molar-refractivity contribution in [1.82, 2.24) is 78.9 Å². The molecule has 21 N–H and O–H groups in total. The van der Waals surface area contributed by atoms with Crippen molar-refractivity contribution >= 4 is 126 Å². The van der Waals surface area contributed by atoms with Crippen molar-refractivity contribution in [3.05, 3.63) is 0 Å². The van der Waals surface area contributed by atoms with Crippen molar-refractivity contribution in [2.45, 2.75) is 156 Å². The molecule has 4 saturated heterocycles. The molecule has 4 rings (SSSR count). The lowest BCUT2D eigenvalue weighted by molar-refractivity contribution is -0.142. The average molecular weight is 1400 g/mol. The number of rotatable bonds is 41. The van der Waals surface area contributed by atoms with E-state index >= 15 is 0 Å². The molecule has 0 aromatic heterocycles. The quantitative estimate of drug-likeness (QED) is 0.0154. The molecule has 96 heavy (non-hydrogen) atoms. The van der Waals surface area contributed by atoms with E-state index in [9.17, 15) is 111 Å². The van der Waals surface area contributed by atoms with Gasteiger partial charge in [0.1, 0.15) is 42.3 Å². The summed E-state index contributed by atoms with van der Waals surface area (Å²) in [6.07, 6.45) is -0.940. The monoisotopic (exact) mass is 1400 g/mol. The number of nitrogens with two attached hydrogens (primary N) is 2. The number of aliphatic carboxylic acids is 2. The van der Waals surface area contributed by atoms with Crippen LogP contribution in [-0.2, 0) is 90.6 Å². The highest BCUT2D eigenvalue weighted by atomic mass is 32.2. The Morgan fingerprint density at radius 2 is 1.06 bits per heavy atom. The smallest absolute Gasteiger partial charge is 0.469 e. The fourth-order valence-electron chi connectivity index (χ4n) is 10.2. The van der Waals surface area contributed by atoms with E-state index in [1.165, 1.54) is 4.90 Å². The molecule has 0 aliphatic carbocycles. The van der Waals surface area contributed by atoms with Crippen LogP contribution in [0.5, 0.6) is 0 Å². The lowest BCUT2D eigenvalue weighted by Gasteiger charge is -2.28. The van der Waals surface area contributed by atoms with Crippen LogP contribution in [0.1, 0.15) is 96.8 Å². The minimum absolute atomic E-state index is 0.00705. The third kappa shape index (κ3) is 28.0. The topological polar surface area (TPSA) is 629 Å². The summed E-state index contributed by atoms with van der Waals surface area (Å²) < 4.78 is 16.2. The Morgan fingerprint density at radius 1 is 0.562 bits per heavy atom. The number of nitrogens with zero attached hydrogens (tertiary/aromatic N) is 2. The molecule has 41 nitrogen and oxygen atoms in total. The molecule has 17 amide bonds. The summed E-state index contributed by atoms with van der Waals surface area (Å²) in [5, 5.41) is 49.4. The number of phosphoric acid groups is 1. The van der Waals surface area contributed by atoms with E-state index in [4.69, 9.17) is 11.5 Å². The number of primary amides is 2.